The Morgan fingerprint density at radius 3 is 1.46 bits per heavy atom. The van der Waals surface area contributed by atoms with Gasteiger partial charge < -0.3 is 34.1 Å². The van der Waals surface area contributed by atoms with Crippen LogP contribution in [-0.4, -0.2) is 78.1 Å². The molecule has 5 rings (SSSR count). The zero-order chi connectivity index (χ0) is 38.7. The molecule has 0 spiro atoms. The number of carboxylic acids is 1. The van der Waals surface area contributed by atoms with E-state index in [4.69, 9.17) is 23.7 Å². The predicted octanol–water partition coefficient (Wildman–Crippen LogP) is 4.76. The lowest BCUT2D eigenvalue weighted by Crippen LogP contribution is -2.63. The molecule has 4 aromatic rings. The number of amides is 1. The van der Waals surface area contributed by atoms with Crippen molar-refractivity contribution < 1.29 is 52.8 Å². The molecule has 4 aromatic carbocycles. The summed E-state index contributed by atoms with van der Waals surface area (Å²) in [4.78, 5) is 63.4. The Balaban J connectivity index is 1.54. The number of hydrogen-bond acceptors (Lipinski definition) is 10. The van der Waals surface area contributed by atoms with Crippen LogP contribution < -0.4 is 5.32 Å². The molecular formula is C42H43NO11. The Morgan fingerprint density at radius 1 is 0.630 bits per heavy atom. The quantitative estimate of drug-likeness (QED) is 0.0983. The van der Waals surface area contributed by atoms with E-state index in [-0.39, 0.29) is 13.0 Å². The van der Waals surface area contributed by atoms with E-state index in [0.717, 1.165) is 30.5 Å². The molecule has 1 saturated heterocycles. The van der Waals surface area contributed by atoms with Gasteiger partial charge in [0.1, 0.15) is 23.9 Å². The van der Waals surface area contributed by atoms with Gasteiger partial charge in [0, 0.05) is 27.2 Å². The average Bonchev–Trinajstić information content (AvgIpc) is 3.15. The topological polar surface area (TPSA) is 164 Å². The molecule has 0 radical (unpaired) electrons. The SMILES string of the molecule is CC(=O)OC1C(COC(c2ccccc2)(c2ccccc2)c2ccccc2)OC(CC(=O)NC(Cc2ccccc2)C(=O)O)C(OC(C)=O)C1OC(C)=O. The Kier molecular flexibility index (Phi) is 13.3. The van der Waals surface area contributed by atoms with Gasteiger partial charge in [-0.15, -0.1) is 0 Å². The van der Waals surface area contributed by atoms with Crippen molar-refractivity contribution in [1.29, 1.82) is 0 Å². The van der Waals surface area contributed by atoms with Crippen LogP contribution in [0.25, 0.3) is 0 Å². The number of esters is 3. The molecule has 0 bridgehead atoms. The summed E-state index contributed by atoms with van der Waals surface area (Å²) in [6, 6.07) is 36.0. The van der Waals surface area contributed by atoms with Crippen molar-refractivity contribution in [3.63, 3.8) is 0 Å². The standard InChI is InChI=1S/C42H43NO11/c1-27(44)51-38-35(25-37(47)43-34(41(48)49)24-30-16-8-4-9-17-30)54-36(39(52-28(2)45)40(38)53-29(3)46)26-50-42(31-18-10-5-11-19-31,32-20-12-6-13-21-32)33-22-14-7-15-23-33/h4-23,34-36,38-40H,24-26H2,1-3H3,(H,43,47)(H,48,49). The first-order chi connectivity index (χ1) is 26.0. The van der Waals surface area contributed by atoms with Crippen molar-refractivity contribution in [2.75, 3.05) is 6.61 Å². The molecule has 0 aliphatic carbocycles. The number of carbonyl (C=O) groups excluding carboxylic acids is 4. The van der Waals surface area contributed by atoms with Gasteiger partial charge in [0.15, 0.2) is 18.3 Å². The van der Waals surface area contributed by atoms with Crippen LogP contribution in [0.4, 0.5) is 0 Å². The second kappa shape index (κ2) is 18.3. The molecule has 0 aromatic heterocycles. The highest BCUT2D eigenvalue weighted by Gasteiger charge is 2.53. The van der Waals surface area contributed by atoms with Gasteiger partial charge in [-0.1, -0.05) is 121 Å². The number of carboxylic acid groups (broad SMARTS) is 1. The summed E-state index contributed by atoms with van der Waals surface area (Å²) in [6.07, 6.45) is -7.24. The molecule has 0 saturated carbocycles. The van der Waals surface area contributed by atoms with E-state index in [9.17, 15) is 29.1 Å². The summed E-state index contributed by atoms with van der Waals surface area (Å²) in [5, 5.41) is 12.5. The van der Waals surface area contributed by atoms with E-state index in [1.807, 2.05) is 91.0 Å². The minimum absolute atomic E-state index is 0.00240. The van der Waals surface area contributed by atoms with E-state index < -0.39 is 78.4 Å². The Morgan fingerprint density at radius 2 is 1.04 bits per heavy atom. The second-order valence-corrected chi connectivity index (χ2v) is 12.9. The number of aliphatic carboxylic acids is 1. The molecule has 1 heterocycles. The normalized spacial score (nSPS) is 20.2. The zero-order valence-corrected chi connectivity index (χ0v) is 30.2. The first kappa shape index (κ1) is 39.4. The minimum Gasteiger partial charge on any atom is -0.480 e. The van der Waals surface area contributed by atoms with E-state index in [1.54, 1.807) is 30.3 Å². The minimum atomic E-state index is -1.44. The third kappa shape index (κ3) is 9.77. The van der Waals surface area contributed by atoms with Crippen LogP contribution in [0.2, 0.25) is 0 Å². The van der Waals surface area contributed by atoms with Crippen molar-refractivity contribution in [2.45, 2.75) is 75.8 Å². The van der Waals surface area contributed by atoms with Gasteiger partial charge in [-0.3, -0.25) is 19.2 Å². The van der Waals surface area contributed by atoms with Crippen LogP contribution in [0, 0.1) is 0 Å². The molecule has 6 unspecified atom stereocenters. The lowest BCUT2D eigenvalue weighted by Gasteiger charge is -2.46. The average molecular weight is 738 g/mol. The first-order valence-electron chi connectivity index (χ1n) is 17.5. The highest BCUT2D eigenvalue weighted by Crippen LogP contribution is 2.41. The number of carbonyl (C=O) groups is 5. The molecule has 1 aliphatic heterocycles. The summed E-state index contributed by atoms with van der Waals surface area (Å²) in [7, 11) is 0. The monoisotopic (exact) mass is 737 g/mol. The van der Waals surface area contributed by atoms with Crippen LogP contribution in [0.3, 0.4) is 0 Å². The van der Waals surface area contributed by atoms with E-state index >= 15 is 0 Å². The van der Waals surface area contributed by atoms with Crippen molar-refractivity contribution in [3.05, 3.63) is 144 Å². The van der Waals surface area contributed by atoms with Crippen molar-refractivity contribution in [2.24, 2.45) is 0 Å². The highest BCUT2D eigenvalue weighted by molar-refractivity contribution is 5.84. The predicted molar refractivity (Wildman–Crippen MR) is 195 cm³/mol. The van der Waals surface area contributed by atoms with Crippen LogP contribution in [0.1, 0.15) is 49.4 Å². The molecule has 54 heavy (non-hydrogen) atoms. The Hall–Kier alpha value is -5.85. The summed E-state index contributed by atoms with van der Waals surface area (Å²) < 4.78 is 30.5. The summed E-state index contributed by atoms with van der Waals surface area (Å²) in [5.41, 5.74) is 1.75. The lowest BCUT2D eigenvalue weighted by atomic mass is 9.80. The molecule has 12 nitrogen and oxygen atoms in total. The molecule has 282 valence electrons. The maximum Gasteiger partial charge on any atom is 0.326 e. The third-order valence-electron chi connectivity index (χ3n) is 8.94. The third-order valence-corrected chi connectivity index (χ3v) is 8.94. The maximum absolute atomic E-state index is 13.6. The maximum atomic E-state index is 13.6. The van der Waals surface area contributed by atoms with Crippen molar-refractivity contribution in [1.82, 2.24) is 5.32 Å². The molecule has 1 fully saturated rings. The van der Waals surface area contributed by atoms with E-state index in [2.05, 4.69) is 5.32 Å². The number of benzene rings is 4. The molecule has 6 atom stereocenters. The summed E-state index contributed by atoms with van der Waals surface area (Å²) in [5.74, 6) is -4.30. The van der Waals surface area contributed by atoms with Crippen molar-refractivity contribution >= 4 is 29.8 Å². The number of ether oxygens (including phenoxy) is 5. The fraction of sp³-hybridized carbons (Fsp3) is 0.310. The van der Waals surface area contributed by atoms with Gasteiger partial charge in [-0.25, -0.2) is 4.79 Å². The molecule has 1 amide bonds. The smallest absolute Gasteiger partial charge is 0.326 e. The van der Waals surface area contributed by atoms with E-state index in [0.29, 0.717) is 5.56 Å². The number of hydrogen-bond donors (Lipinski definition) is 2. The number of nitrogens with one attached hydrogen (secondary N) is 1. The molecule has 12 heteroatoms. The Bertz CT molecular complexity index is 1780. The molecular weight excluding hydrogens is 694 g/mol. The van der Waals surface area contributed by atoms with Crippen LogP contribution in [-0.2, 0) is 59.7 Å². The van der Waals surface area contributed by atoms with Crippen LogP contribution in [0.15, 0.2) is 121 Å². The lowest BCUT2D eigenvalue weighted by molar-refractivity contribution is -0.256. The fourth-order valence-corrected chi connectivity index (χ4v) is 6.74. The van der Waals surface area contributed by atoms with Crippen molar-refractivity contribution in [3.8, 4) is 0 Å². The number of rotatable bonds is 15. The second-order valence-electron chi connectivity index (χ2n) is 12.9. The zero-order valence-electron chi connectivity index (χ0n) is 30.2. The van der Waals surface area contributed by atoms with E-state index in [1.165, 1.54) is 6.92 Å². The first-order valence-corrected chi connectivity index (χ1v) is 17.5. The molecule has 1 aliphatic rings. The van der Waals surface area contributed by atoms with Gasteiger partial charge in [0.25, 0.3) is 0 Å². The van der Waals surface area contributed by atoms with Crippen LogP contribution >= 0.6 is 0 Å². The largest absolute Gasteiger partial charge is 0.480 e. The molecule has 2 N–H and O–H groups in total. The van der Waals surface area contributed by atoms with Gasteiger partial charge in [-0.2, -0.15) is 0 Å². The Labute approximate surface area is 313 Å². The van der Waals surface area contributed by atoms with Gasteiger partial charge in [0.05, 0.1) is 13.0 Å². The highest BCUT2D eigenvalue weighted by atomic mass is 16.7. The van der Waals surface area contributed by atoms with Gasteiger partial charge in [-0.05, 0) is 22.3 Å². The van der Waals surface area contributed by atoms with Crippen LogP contribution in [0.5, 0.6) is 0 Å². The summed E-state index contributed by atoms with van der Waals surface area (Å²) >= 11 is 0. The van der Waals surface area contributed by atoms with Gasteiger partial charge in [0.2, 0.25) is 5.91 Å². The fourth-order valence-electron chi connectivity index (χ4n) is 6.74. The summed E-state index contributed by atoms with van der Waals surface area (Å²) in [6.45, 7) is 3.16. The van der Waals surface area contributed by atoms with Gasteiger partial charge >= 0.3 is 23.9 Å².